The van der Waals surface area contributed by atoms with E-state index < -0.39 is 0 Å². The Bertz CT molecular complexity index is 1310. The Labute approximate surface area is 175 Å². The van der Waals surface area contributed by atoms with Gasteiger partial charge >= 0.3 is 0 Å². The molecule has 1 aromatic heterocycles. The fourth-order valence-corrected chi connectivity index (χ4v) is 3.79. The van der Waals surface area contributed by atoms with Crippen LogP contribution in [-0.2, 0) is 0 Å². The average Bonchev–Trinajstić information content (AvgIpc) is 2.68. The molecule has 0 saturated carbocycles. The van der Waals surface area contributed by atoms with Gasteiger partial charge in [-0.05, 0) is 80.3 Å². The Kier molecular flexibility index (Phi) is 5.00. The van der Waals surface area contributed by atoms with Crippen LogP contribution in [0.1, 0.15) is 32.6 Å². The first-order valence-corrected chi connectivity index (χ1v) is 9.85. The van der Waals surface area contributed by atoms with Crippen LogP contribution in [0, 0.1) is 27.7 Å². The summed E-state index contributed by atoms with van der Waals surface area (Å²) in [6.07, 6.45) is 0. The van der Waals surface area contributed by atoms with E-state index in [1.807, 2.05) is 52.0 Å². The lowest BCUT2D eigenvalue weighted by atomic mass is 10.1. The molecule has 0 bridgehead atoms. The molecule has 150 valence electrons. The molecular weight excluding hydrogens is 374 g/mol. The van der Waals surface area contributed by atoms with Gasteiger partial charge in [0.15, 0.2) is 5.43 Å². The monoisotopic (exact) mass is 397 g/mol. The summed E-state index contributed by atoms with van der Waals surface area (Å²) in [6.45, 7) is 7.89. The normalized spacial score (nSPS) is 10.9. The number of anilines is 1. The Morgan fingerprint density at radius 1 is 0.800 bits per heavy atom. The van der Waals surface area contributed by atoms with Crippen LogP contribution in [0.15, 0.2) is 69.9 Å². The SMILES string of the molecule is Cc1cc(C)cc(NC(=O)c2ccc(-c3cc(=O)c4cc(C)cc(C)c4o3)cc2)c1. The molecule has 0 fully saturated rings. The molecule has 0 aliphatic heterocycles. The van der Waals surface area contributed by atoms with Gasteiger partial charge in [-0.2, -0.15) is 0 Å². The number of benzene rings is 3. The van der Waals surface area contributed by atoms with E-state index in [4.69, 9.17) is 4.42 Å². The number of rotatable bonds is 3. The summed E-state index contributed by atoms with van der Waals surface area (Å²) in [4.78, 5) is 25.2. The van der Waals surface area contributed by atoms with Crippen molar-refractivity contribution in [3.05, 3.63) is 98.7 Å². The van der Waals surface area contributed by atoms with Gasteiger partial charge in [0.25, 0.3) is 5.91 Å². The fraction of sp³-hybridized carbons (Fsp3) is 0.154. The summed E-state index contributed by atoms with van der Waals surface area (Å²) in [5.41, 5.74) is 6.72. The van der Waals surface area contributed by atoms with Gasteiger partial charge < -0.3 is 9.73 Å². The summed E-state index contributed by atoms with van der Waals surface area (Å²) in [7, 11) is 0. The largest absolute Gasteiger partial charge is 0.456 e. The lowest BCUT2D eigenvalue weighted by molar-refractivity contribution is 0.102. The zero-order valence-corrected chi connectivity index (χ0v) is 17.5. The first kappa shape index (κ1) is 19.6. The fourth-order valence-electron chi connectivity index (χ4n) is 3.79. The number of nitrogens with one attached hydrogen (secondary N) is 1. The average molecular weight is 397 g/mol. The van der Waals surface area contributed by atoms with Gasteiger partial charge in [-0.15, -0.1) is 0 Å². The summed E-state index contributed by atoms with van der Waals surface area (Å²) < 4.78 is 6.04. The van der Waals surface area contributed by atoms with E-state index in [1.54, 1.807) is 24.3 Å². The Morgan fingerprint density at radius 2 is 1.43 bits per heavy atom. The maximum absolute atomic E-state index is 12.6. The first-order valence-electron chi connectivity index (χ1n) is 9.85. The number of carbonyl (C=O) groups excluding carboxylic acids is 1. The molecule has 1 amide bonds. The van der Waals surface area contributed by atoms with Crippen LogP contribution in [0.4, 0.5) is 5.69 Å². The number of hydrogen-bond donors (Lipinski definition) is 1. The van der Waals surface area contributed by atoms with E-state index in [1.165, 1.54) is 6.07 Å². The predicted octanol–water partition coefficient (Wildman–Crippen LogP) is 5.95. The molecule has 0 radical (unpaired) electrons. The number of amides is 1. The standard InChI is InChI=1S/C26H23NO3/c1-15-9-16(2)12-21(11-15)27-26(29)20-7-5-19(6-8-20)24-14-23(28)22-13-17(3)10-18(4)25(22)30-24/h5-14H,1-4H3,(H,27,29). The maximum atomic E-state index is 12.6. The van der Waals surface area contributed by atoms with Crippen molar-refractivity contribution >= 4 is 22.6 Å². The molecule has 30 heavy (non-hydrogen) atoms. The molecule has 0 aliphatic rings. The quantitative estimate of drug-likeness (QED) is 0.465. The van der Waals surface area contributed by atoms with Crippen molar-refractivity contribution in [1.82, 2.24) is 0 Å². The molecule has 4 rings (SSSR count). The van der Waals surface area contributed by atoms with Crippen molar-refractivity contribution in [2.75, 3.05) is 5.32 Å². The van der Waals surface area contributed by atoms with Crippen molar-refractivity contribution in [3.63, 3.8) is 0 Å². The molecule has 4 heteroatoms. The summed E-state index contributed by atoms with van der Waals surface area (Å²) in [5.74, 6) is 0.304. The molecule has 4 aromatic rings. The highest BCUT2D eigenvalue weighted by Crippen LogP contribution is 2.25. The van der Waals surface area contributed by atoms with Crippen molar-refractivity contribution in [1.29, 1.82) is 0 Å². The Balaban J connectivity index is 1.63. The molecule has 0 aliphatic carbocycles. The Hall–Kier alpha value is -3.66. The zero-order chi connectivity index (χ0) is 21.4. The van der Waals surface area contributed by atoms with Gasteiger partial charge in [0, 0.05) is 22.9 Å². The van der Waals surface area contributed by atoms with Crippen molar-refractivity contribution in [2.45, 2.75) is 27.7 Å². The van der Waals surface area contributed by atoms with Crippen LogP contribution < -0.4 is 10.7 Å². The third kappa shape index (κ3) is 3.90. The van der Waals surface area contributed by atoms with Crippen molar-refractivity contribution in [2.24, 2.45) is 0 Å². The second-order valence-corrected chi connectivity index (χ2v) is 7.84. The van der Waals surface area contributed by atoms with Gasteiger partial charge in [0.05, 0.1) is 5.39 Å². The van der Waals surface area contributed by atoms with Crippen molar-refractivity contribution in [3.8, 4) is 11.3 Å². The van der Waals surface area contributed by atoms with Gasteiger partial charge in [-0.25, -0.2) is 0 Å². The van der Waals surface area contributed by atoms with E-state index in [0.29, 0.717) is 22.3 Å². The van der Waals surface area contributed by atoms with E-state index in [9.17, 15) is 9.59 Å². The van der Waals surface area contributed by atoms with E-state index in [-0.39, 0.29) is 11.3 Å². The van der Waals surface area contributed by atoms with Gasteiger partial charge in [-0.1, -0.05) is 24.3 Å². The van der Waals surface area contributed by atoms with Crippen molar-refractivity contribution < 1.29 is 9.21 Å². The smallest absolute Gasteiger partial charge is 0.255 e. The lowest BCUT2D eigenvalue weighted by Gasteiger charge is -2.09. The highest BCUT2D eigenvalue weighted by atomic mass is 16.3. The van der Waals surface area contributed by atoms with Gasteiger partial charge in [-0.3, -0.25) is 9.59 Å². The van der Waals surface area contributed by atoms with Crippen LogP contribution in [-0.4, -0.2) is 5.91 Å². The third-order valence-electron chi connectivity index (χ3n) is 5.07. The van der Waals surface area contributed by atoms with Crippen LogP contribution in [0.5, 0.6) is 0 Å². The van der Waals surface area contributed by atoms with Crippen LogP contribution in [0.2, 0.25) is 0 Å². The summed E-state index contributed by atoms with van der Waals surface area (Å²) in [6, 6.07) is 18.3. The molecule has 0 saturated heterocycles. The number of aryl methyl sites for hydroxylation is 4. The van der Waals surface area contributed by atoms with E-state index in [0.717, 1.165) is 33.5 Å². The third-order valence-corrected chi connectivity index (χ3v) is 5.07. The summed E-state index contributed by atoms with van der Waals surface area (Å²) >= 11 is 0. The minimum absolute atomic E-state index is 0.0744. The number of hydrogen-bond acceptors (Lipinski definition) is 3. The molecule has 1 heterocycles. The number of carbonyl (C=O) groups is 1. The lowest BCUT2D eigenvalue weighted by Crippen LogP contribution is -2.12. The minimum Gasteiger partial charge on any atom is -0.456 e. The maximum Gasteiger partial charge on any atom is 0.255 e. The second-order valence-electron chi connectivity index (χ2n) is 7.84. The molecule has 4 nitrogen and oxygen atoms in total. The Morgan fingerprint density at radius 3 is 2.10 bits per heavy atom. The molecule has 0 atom stereocenters. The minimum atomic E-state index is -0.183. The zero-order valence-electron chi connectivity index (χ0n) is 17.5. The molecule has 0 unspecified atom stereocenters. The highest BCUT2D eigenvalue weighted by molar-refractivity contribution is 6.04. The van der Waals surface area contributed by atoms with E-state index >= 15 is 0 Å². The highest BCUT2D eigenvalue weighted by Gasteiger charge is 2.11. The van der Waals surface area contributed by atoms with Crippen LogP contribution >= 0.6 is 0 Å². The van der Waals surface area contributed by atoms with E-state index in [2.05, 4.69) is 11.4 Å². The van der Waals surface area contributed by atoms with Gasteiger partial charge in [0.2, 0.25) is 0 Å². The van der Waals surface area contributed by atoms with Gasteiger partial charge in [0.1, 0.15) is 11.3 Å². The van der Waals surface area contributed by atoms with Crippen LogP contribution in [0.3, 0.4) is 0 Å². The number of fused-ring (bicyclic) bond motifs is 1. The molecule has 0 spiro atoms. The predicted molar refractivity (Wildman–Crippen MR) is 121 cm³/mol. The van der Waals surface area contributed by atoms with Crippen LogP contribution in [0.25, 0.3) is 22.3 Å². The molecular formula is C26H23NO3. The molecule has 3 aromatic carbocycles. The second kappa shape index (κ2) is 7.64. The topological polar surface area (TPSA) is 59.3 Å². The molecule has 1 N–H and O–H groups in total. The first-order chi connectivity index (χ1) is 14.3. The summed E-state index contributed by atoms with van der Waals surface area (Å²) in [5, 5.41) is 3.52.